The Balaban J connectivity index is 1.68. The highest BCUT2D eigenvalue weighted by Crippen LogP contribution is 2.28. The van der Waals surface area contributed by atoms with Crippen LogP contribution in [0.4, 0.5) is 0 Å². The first-order chi connectivity index (χ1) is 9.26. The van der Waals surface area contributed by atoms with Crippen molar-refractivity contribution in [3.8, 4) is 0 Å². The normalized spacial score (nSPS) is 27.3. The third-order valence-electron chi connectivity index (χ3n) is 4.05. The number of carbonyl (C=O) groups is 1. The number of hydrogen-bond donors (Lipinski definition) is 1. The van der Waals surface area contributed by atoms with Gasteiger partial charge in [-0.2, -0.15) is 0 Å². The molecule has 0 aromatic rings. The van der Waals surface area contributed by atoms with E-state index in [4.69, 9.17) is 4.74 Å². The summed E-state index contributed by atoms with van der Waals surface area (Å²) in [6, 6.07) is 0.0438. The van der Waals surface area contributed by atoms with Crippen LogP contribution in [0.15, 0.2) is 0 Å². The van der Waals surface area contributed by atoms with Gasteiger partial charge in [0.2, 0.25) is 5.91 Å². The average Bonchev–Trinajstić information content (AvgIpc) is 3.18. The van der Waals surface area contributed by atoms with Crippen molar-refractivity contribution in [2.45, 2.75) is 64.6 Å². The molecule has 4 nitrogen and oxygen atoms in total. The summed E-state index contributed by atoms with van der Waals surface area (Å²) in [6.45, 7) is 6.80. The summed E-state index contributed by atoms with van der Waals surface area (Å²) in [4.78, 5) is 14.3. The van der Waals surface area contributed by atoms with Crippen LogP contribution in [-0.4, -0.2) is 42.8 Å². The van der Waals surface area contributed by atoms with E-state index in [2.05, 4.69) is 19.2 Å². The zero-order valence-electron chi connectivity index (χ0n) is 12.4. The van der Waals surface area contributed by atoms with Gasteiger partial charge >= 0.3 is 0 Å². The molecule has 0 aromatic heterocycles. The number of amides is 1. The zero-order valence-corrected chi connectivity index (χ0v) is 12.4. The van der Waals surface area contributed by atoms with Crippen molar-refractivity contribution in [1.29, 1.82) is 0 Å². The van der Waals surface area contributed by atoms with E-state index in [1.807, 2.05) is 4.90 Å². The van der Waals surface area contributed by atoms with E-state index < -0.39 is 0 Å². The van der Waals surface area contributed by atoms with Crippen LogP contribution in [0.1, 0.15) is 52.4 Å². The van der Waals surface area contributed by atoms with Crippen molar-refractivity contribution < 1.29 is 9.53 Å². The fraction of sp³-hybridized carbons (Fsp3) is 0.933. The molecule has 2 rings (SSSR count). The standard InChI is InChI=1S/C15H28N2O2/c1-3-6-13-15(18)17(14(4-2)16-13)9-5-10-19-11-12-7-8-12/h12-14,16H,3-11H2,1-2H3. The van der Waals surface area contributed by atoms with E-state index in [-0.39, 0.29) is 18.1 Å². The van der Waals surface area contributed by atoms with E-state index >= 15 is 0 Å². The molecule has 0 radical (unpaired) electrons. The summed E-state index contributed by atoms with van der Waals surface area (Å²) < 4.78 is 5.64. The number of ether oxygens (including phenoxy) is 1. The van der Waals surface area contributed by atoms with Gasteiger partial charge in [-0.25, -0.2) is 0 Å². The second-order valence-corrected chi connectivity index (χ2v) is 5.84. The van der Waals surface area contributed by atoms with E-state index in [9.17, 15) is 4.79 Å². The Labute approximate surface area is 116 Å². The first-order valence-corrected chi connectivity index (χ1v) is 7.90. The van der Waals surface area contributed by atoms with Crippen molar-refractivity contribution in [1.82, 2.24) is 10.2 Å². The molecule has 1 aliphatic heterocycles. The van der Waals surface area contributed by atoms with Crippen LogP contribution in [0.5, 0.6) is 0 Å². The van der Waals surface area contributed by atoms with Crippen LogP contribution in [0.25, 0.3) is 0 Å². The van der Waals surface area contributed by atoms with Gasteiger partial charge in [0.15, 0.2) is 0 Å². The molecule has 1 saturated heterocycles. The number of carbonyl (C=O) groups excluding carboxylic acids is 1. The lowest BCUT2D eigenvalue weighted by atomic mass is 10.2. The lowest BCUT2D eigenvalue weighted by Gasteiger charge is -2.22. The minimum absolute atomic E-state index is 0.0438. The molecule has 1 N–H and O–H groups in total. The molecular formula is C15H28N2O2. The lowest BCUT2D eigenvalue weighted by Crippen LogP contribution is -2.37. The number of nitrogens with one attached hydrogen (secondary N) is 1. The van der Waals surface area contributed by atoms with Crippen LogP contribution in [-0.2, 0) is 9.53 Å². The second kappa shape index (κ2) is 7.25. The Morgan fingerprint density at radius 3 is 2.79 bits per heavy atom. The quantitative estimate of drug-likeness (QED) is 0.651. The number of hydrogen-bond acceptors (Lipinski definition) is 3. The first kappa shape index (κ1) is 14.8. The van der Waals surface area contributed by atoms with Crippen LogP contribution in [0.2, 0.25) is 0 Å². The van der Waals surface area contributed by atoms with E-state index in [0.717, 1.165) is 51.4 Å². The van der Waals surface area contributed by atoms with Crippen LogP contribution < -0.4 is 5.32 Å². The van der Waals surface area contributed by atoms with E-state index in [1.165, 1.54) is 12.8 Å². The molecule has 0 aromatic carbocycles. The van der Waals surface area contributed by atoms with Crippen LogP contribution in [0, 0.1) is 5.92 Å². The molecule has 1 aliphatic carbocycles. The maximum atomic E-state index is 12.3. The van der Waals surface area contributed by atoms with E-state index in [0.29, 0.717) is 0 Å². The molecule has 2 fully saturated rings. The van der Waals surface area contributed by atoms with Gasteiger partial charge in [-0.15, -0.1) is 0 Å². The van der Waals surface area contributed by atoms with Crippen molar-refractivity contribution in [3.63, 3.8) is 0 Å². The van der Waals surface area contributed by atoms with Crippen molar-refractivity contribution in [2.24, 2.45) is 5.92 Å². The van der Waals surface area contributed by atoms with Crippen molar-refractivity contribution >= 4 is 5.91 Å². The molecule has 1 amide bonds. The first-order valence-electron chi connectivity index (χ1n) is 7.90. The minimum atomic E-state index is 0.0438. The molecule has 110 valence electrons. The molecule has 0 bridgehead atoms. The zero-order chi connectivity index (χ0) is 13.7. The Kier molecular flexibility index (Phi) is 5.64. The largest absolute Gasteiger partial charge is 0.381 e. The summed E-state index contributed by atoms with van der Waals surface area (Å²) in [6.07, 6.45) is 6.84. The third kappa shape index (κ3) is 4.18. The number of rotatable bonds is 9. The second-order valence-electron chi connectivity index (χ2n) is 5.84. The third-order valence-corrected chi connectivity index (χ3v) is 4.05. The fourth-order valence-electron chi connectivity index (χ4n) is 2.72. The van der Waals surface area contributed by atoms with Gasteiger partial charge in [0.05, 0.1) is 12.2 Å². The molecule has 2 unspecified atom stereocenters. The van der Waals surface area contributed by atoms with Gasteiger partial charge < -0.3 is 9.64 Å². The van der Waals surface area contributed by atoms with Crippen molar-refractivity contribution in [3.05, 3.63) is 0 Å². The molecule has 4 heteroatoms. The average molecular weight is 268 g/mol. The molecule has 1 heterocycles. The predicted molar refractivity (Wildman–Crippen MR) is 75.8 cm³/mol. The van der Waals surface area contributed by atoms with Gasteiger partial charge in [0, 0.05) is 19.8 Å². The Bertz CT molecular complexity index is 292. The fourth-order valence-corrected chi connectivity index (χ4v) is 2.72. The number of nitrogens with zero attached hydrogens (tertiary/aromatic N) is 1. The molecule has 1 saturated carbocycles. The maximum absolute atomic E-state index is 12.3. The van der Waals surface area contributed by atoms with Crippen LogP contribution >= 0.6 is 0 Å². The summed E-state index contributed by atoms with van der Waals surface area (Å²) in [5, 5.41) is 3.45. The van der Waals surface area contributed by atoms with Gasteiger partial charge in [-0.05, 0) is 38.0 Å². The molecule has 2 aliphatic rings. The van der Waals surface area contributed by atoms with Gasteiger partial charge in [-0.1, -0.05) is 20.3 Å². The SMILES string of the molecule is CCCC1NC(CC)N(CCCOCC2CC2)C1=O. The van der Waals surface area contributed by atoms with Gasteiger partial charge in [0.25, 0.3) is 0 Å². The summed E-state index contributed by atoms with van der Waals surface area (Å²) in [5.41, 5.74) is 0. The molecule has 2 atom stereocenters. The highest BCUT2D eigenvalue weighted by molar-refractivity contribution is 5.84. The topological polar surface area (TPSA) is 41.6 Å². The van der Waals surface area contributed by atoms with Crippen molar-refractivity contribution in [2.75, 3.05) is 19.8 Å². The minimum Gasteiger partial charge on any atom is -0.381 e. The van der Waals surface area contributed by atoms with Crippen LogP contribution in [0.3, 0.4) is 0 Å². The maximum Gasteiger partial charge on any atom is 0.241 e. The monoisotopic (exact) mass is 268 g/mol. The van der Waals surface area contributed by atoms with Gasteiger partial charge in [-0.3, -0.25) is 10.1 Å². The molecular weight excluding hydrogens is 240 g/mol. The van der Waals surface area contributed by atoms with E-state index in [1.54, 1.807) is 0 Å². The highest BCUT2D eigenvalue weighted by atomic mass is 16.5. The Morgan fingerprint density at radius 1 is 1.37 bits per heavy atom. The highest BCUT2D eigenvalue weighted by Gasteiger charge is 2.36. The van der Waals surface area contributed by atoms with Gasteiger partial charge in [0.1, 0.15) is 0 Å². The molecule has 19 heavy (non-hydrogen) atoms. The molecule has 0 spiro atoms. The predicted octanol–water partition coefficient (Wildman–Crippen LogP) is 2.14. The smallest absolute Gasteiger partial charge is 0.241 e. The summed E-state index contributed by atoms with van der Waals surface area (Å²) >= 11 is 0. The lowest BCUT2D eigenvalue weighted by molar-refractivity contribution is -0.130. The Morgan fingerprint density at radius 2 is 2.16 bits per heavy atom. The summed E-state index contributed by atoms with van der Waals surface area (Å²) in [5.74, 6) is 1.11. The summed E-state index contributed by atoms with van der Waals surface area (Å²) in [7, 11) is 0. The Hall–Kier alpha value is -0.610.